The number of benzene rings is 1. The van der Waals surface area contributed by atoms with E-state index < -0.39 is 47.8 Å². The van der Waals surface area contributed by atoms with E-state index in [9.17, 15) is 24.0 Å². The Morgan fingerprint density at radius 2 is 2.00 bits per heavy atom. The molecule has 2 aliphatic heterocycles. The van der Waals surface area contributed by atoms with Gasteiger partial charge in [0.25, 0.3) is 0 Å². The fourth-order valence-electron chi connectivity index (χ4n) is 4.18. The SMILES string of the molecule is CC[C@@H](/C=N\NC(N)=O)NC(=O)[C@@H]1Cc2cccc3c2N1C(=O)[C@@H](NC(=O)CCC(=O)O)CC3. The number of nitrogens with zero attached hydrogens (tertiary/aromatic N) is 2. The second kappa shape index (κ2) is 10.8. The van der Waals surface area contributed by atoms with Gasteiger partial charge >= 0.3 is 12.0 Å². The van der Waals surface area contributed by atoms with Crippen LogP contribution in [0.1, 0.15) is 43.7 Å². The van der Waals surface area contributed by atoms with Gasteiger partial charge < -0.3 is 21.5 Å². The predicted molar refractivity (Wildman–Crippen MR) is 122 cm³/mol. The average molecular weight is 473 g/mol. The lowest BCUT2D eigenvalue weighted by molar-refractivity contribution is -0.139. The van der Waals surface area contributed by atoms with Crippen LogP contribution in [0.4, 0.5) is 10.5 Å². The van der Waals surface area contributed by atoms with Crippen molar-refractivity contribution >= 4 is 41.6 Å². The molecule has 12 nitrogen and oxygen atoms in total. The summed E-state index contributed by atoms with van der Waals surface area (Å²) in [5, 5.41) is 18.0. The molecular formula is C22H28N6O6. The maximum atomic E-state index is 13.5. The van der Waals surface area contributed by atoms with E-state index in [1.54, 1.807) is 0 Å². The van der Waals surface area contributed by atoms with Crippen LogP contribution in [0.3, 0.4) is 0 Å². The highest BCUT2D eigenvalue weighted by molar-refractivity contribution is 6.08. The Labute approximate surface area is 195 Å². The molecule has 34 heavy (non-hydrogen) atoms. The number of para-hydroxylation sites is 1. The van der Waals surface area contributed by atoms with E-state index in [0.717, 1.165) is 11.1 Å². The molecule has 0 bridgehead atoms. The third kappa shape index (κ3) is 5.69. The lowest BCUT2D eigenvalue weighted by atomic mass is 10.0. The first-order chi connectivity index (χ1) is 16.2. The van der Waals surface area contributed by atoms with E-state index in [1.165, 1.54) is 11.1 Å². The number of rotatable bonds is 9. The quantitative estimate of drug-likeness (QED) is 0.245. The molecule has 0 fully saturated rings. The molecule has 0 unspecified atom stereocenters. The summed E-state index contributed by atoms with van der Waals surface area (Å²) in [5.74, 6) is -2.44. The molecule has 3 rings (SSSR count). The van der Waals surface area contributed by atoms with Crippen LogP contribution in [0.2, 0.25) is 0 Å². The van der Waals surface area contributed by atoms with Crippen molar-refractivity contribution in [3.63, 3.8) is 0 Å². The molecule has 2 aliphatic rings. The molecule has 0 aromatic heterocycles. The van der Waals surface area contributed by atoms with Crippen LogP contribution in [0.25, 0.3) is 0 Å². The number of carbonyl (C=O) groups is 5. The zero-order chi connectivity index (χ0) is 24.8. The van der Waals surface area contributed by atoms with Crippen molar-refractivity contribution in [2.24, 2.45) is 10.8 Å². The number of aryl methyl sites for hydroxylation is 1. The second-order valence-electron chi connectivity index (χ2n) is 8.18. The fourth-order valence-corrected chi connectivity index (χ4v) is 4.18. The first kappa shape index (κ1) is 24.7. The van der Waals surface area contributed by atoms with Crippen molar-refractivity contribution in [2.75, 3.05) is 4.90 Å². The zero-order valence-electron chi connectivity index (χ0n) is 18.7. The van der Waals surface area contributed by atoms with Gasteiger partial charge in [0.05, 0.1) is 18.2 Å². The van der Waals surface area contributed by atoms with Crippen molar-refractivity contribution in [3.05, 3.63) is 29.3 Å². The summed E-state index contributed by atoms with van der Waals surface area (Å²) in [4.78, 5) is 61.9. The molecule has 6 N–H and O–H groups in total. The number of hydrazone groups is 1. The molecule has 1 aromatic rings. The summed E-state index contributed by atoms with van der Waals surface area (Å²) in [6.07, 6.45) is 2.43. The van der Waals surface area contributed by atoms with Gasteiger partial charge in [-0.25, -0.2) is 10.2 Å². The van der Waals surface area contributed by atoms with E-state index in [1.807, 2.05) is 25.1 Å². The molecule has 2 heterocycles. The number of amides is 5. The van der Waals surface area contributed by atoms with Crippen LogP contribution < -0.4 is 26.7 Å². The Kier molecular flexibility index (Phi) is 7.82. The number of anilines is 1. The molecule has 12 heteroatoms. The summed E-state index contributed by atoms with van der Waals surface area (Å²) >= 11 is 0. The van der Waals surface area contributed by atoms with Crippen LogP contribution >= 0.6 is 0 Å². The Bertz CT molecular complexity index is 1030. The average Bonchev–Trinajstić information content (AvgIpc) is 3.13. The van der Waals surface area contributed by atoms with Crippen LogP contribution in [0.15, 0.2) is 23.3 Å². The molecule has 5 amide bonds. The maximum Gasteiger partial charge on any atom is 0.332 e. The summed E-state index contributed by atoms with van der Waals surface area (Å²) in [7, 11) is 0. The molecular weight excluding hydrogens is 444 g/mol. The molecule has 1 aromatic carbocycles. The third-order valence-corrected chi connectivity index (χ3v) is 5.81. The summed E-state index contributed by atoms with van der Waals surface area (Å²) < 4.78 is 0. The standard InChI is InChI=1S/C22H28N6O6/c1-2-14(11-24-27-22(23)34)25-20(32)16-10-13-5-3-4-12-6-7-15(21(33)28(16)19(12)13)26-17(29)8-9-18(30)31/h3-5,11,14-16H,2,6-10H2,1H3,(H,25,32)(H,26,29)(H,30,31)(H3,23,27,34)/b24-11-/t14-,15-,16-/m0/s1. The van der Waals surface area contributed by atoms with Crippen molar-refractivity contribution in [3.8, 4) is 0 Å². The number of nitrogens with two attached hydrogens (primary N) is 1. The number of carbonyl (C=O) groups excluding carboxylic acids is 4. The largest absolute Gasteiger partial charge is 0.481 e. The highest BCUT2D eigenvalue weighted by atomic mass is 16.4. The van der Waals surface area contributed by atoms with Crippen molar-refractivity contribution in [1.82, 2.24) is 16.1 Å². The summed E-state index contributed by atoms with van der Waals surface area (Å²) in [5.41, 5.74) is 9.51. The normalized spacial score (nSPS) is 19.8. The topological polar surface area (TPSA) is 183 Å². The lowest BCUT2D eigenvalue weighted by Crippen LogP contribution is -2.55. The Balaban J connectivity index is 1.80. The second-order valence-corrected chi connectivity index (χ2v) is 8.18. The van der Waals surface area contributed by atoms with Gasteiger partial charge in [-0.15, -0.1) is 0 Å². The van der Waals surface area contributed by atoms with Gasteiger partial charge in [-0.2, -0.15) is 5.10 Å². The minimum absolute atomic E-state index is 0.238. The van der Waals surface area contributed by atoms with Gasteiger partial charge in [0.2, 0.25) is 17.7 Å². The van der Waals surface area contributed by atoms with Crippen LogP contribution in [-0.2, 0) is 32.0 Å². The van der Waals surface area contributed by atoms with Gasteiger partial charge in [-0.3, -0.25) is 24.1 Å². The third-order valence-electron chi connectivity index (χ3n) is 5.81. The van der Waals surface area contributed by atoms with E-state index in [4.69, 9.17) is 10.8 Å². The van der Waals surface area contributed by atoms with Gasteiger partial charge in [0.15, 0.2) is 0 Å². The van der Waals surface area contributed by atoms with Gasteiger partial charge in [0.1, 0.15) is 12.1 Å². The molecule has 0 spiro atoms. The van der Waals surface area contributed by atoms with Gasteiger partial charge in [-0.1, -0.05) is 25.1 Å². The molecule has 0 aliphatic carbocycles. The highest BCUT2D eigenvalue weighted by Gasteiger charge is 2.44. The van der Waals surface area contributed by atoms with Crippen LogP contribution in [0.5, 0.6) is 0 Å². The van der Waals surface area contributed by atoms with E-state index in [0.29, 0.717) is 31.4 Å². The maximum absolute atomic E-state index is 13.5. The molecule has 3 atom stereocenters. The van der Waals surface area contributed by atoms with Gasteiger partial charge in [0, 0.05) is 19.1 Å². The first-order valence-electron chi connectivity index (χ1n) is 11.0. The van der Waals surface area contributed by atoms with Crippen molar-refractivity contribution < 1.29 is 29.1 Å². The minimum atomic E-state index is -1.10. The fraction of sp³-hybridized carbons (Fsp3) is 0.455. The van der Waals surface area contributed by atoms with Gasteiger partial charge in [-0.05, 0) is 30.4 Å². The number of nitrogens with one attached hydrogen (secondary N) is 3. The minimum Gasteiger partial charge on any atom is -0.481 e. The smallest absolute Gasteiger partial charge is 0.332 e. The monoisotopic (exact) mass is 472 g/mol. The predicted octanol–water partition coefficient (Wildman–Crippen LogP) is -0.211. The number of carboxylic acid groups (broad SMARTS) is 1. The number of aliphatic carboxylic acids is 1. The number of carboxylic acids is 1. The lowest BCUT2D eigenvalue weighted by Gasteiger charge is -2.28. The Morgan fingerprint density at radius 1 is 1.26 bits per heavy atom. The summed E-state index contributed by atoms with van der Waals surface area (Å²) in [6.45, 7) is 1.82. The number of primary amides is 1. The first-order valence-corrected chi connectivity index (χ1v) is 11.0. The Morgan fingerprint density at radius 3 is 2.68 bits per heavy atom. The molecule has 0 radical (unpaired) electrons. The summed E-state index contributed by atoms with van der Waals surface area (Å²) in [6, 6.07) is 2.60. The zero-order valence-corrected chi connectivity index (χ0v) is 18.7. The van der Waals surface area contributed by atoms with Crippen LogP contribution in [-0.4, -0.2) is 59.2 Å². The van der Waals surface area contributed by atoms with Crippen molar-refractivity contribution in [2.45, 2.75) is 63.6 Å². The molecule has 0 saturated carbocycles. The van der Waals surface area contributed by atoms with E-state index in [-0.39, 0.29) is 12.8 Å². The van der Waals surface area contributed by atoms with E-state index >= 15 is 0 Å². The number of hydrogen-bond donors (Lipinski definition) is 5. The van der Waals surface area contributed by atoms with Crippen molar-refractivity contribution in [1.29, 1.82) is 0 Å². The Hall–Kier alpha value is -3.96. The van der Waals surface area contributed by atoms with E-state index in [2.05, 4.69) is 21.2 Å². The number of urea groups is 1. The van der Waals surface area contributed by atoms with Crippen LogP contribution in [0, 0.1) is 0 Å². The molecule has 0 saturated heterocycles. The highest BCUT2D eigenvalue weighted by Crippen LogP contribution is 2.39. The number of hydrogen-bond acceptors (Lipinski definition) is 6. The molecule has 182 valence electrons.